The molecular formula is C18H26ClN5. The third kappa shape index (κ3) is 3.91. The topological polar surface area (TPSA) is 35.8 Å². The third-order valence-corrected chi connectivity index (χ3v) is 5.51. The first-order valence-electron chi connectivity index (χ1n) is 9.05. The molecule has 0 saturated carbocycles. The predicted molar refractivity (Wildman–Crippen MR) is 97.5 cm³/mol. The number of pyridine rings is 1. The number of rotatable bonds is 4. The fraction of sp³-hybridized carbons (Fsp3) is 0.611. The van der Waals surface area contributed by atoms with Crippen molar-refractivity contribution >= 4 is 17.2 Å². The summed E-state index contributed by atoms with van der Waals surface area (Å²) in [4.78, 5) is 9.87. The van der Waals surface area contributed by atoms with Crippen molar-refractivity contribution in [1.29, 1.82) is 0 Å². The van der Waals surface area contributed by atoms with Crippen molar-refractivity contribution in [2.24, 2.45) is 5.92 Å². The summed E-state index contributed by atoms with van der Waals surface area (Å²) in [5, 5.41) is 4.20. The Morgan fingerprint density at radius 1 is 1.04 bits per heavy atom. The number of nitrogens with zero attached hydrogens (tertiary/aromatic N) is 4. The maximum absolute atomic E-state index is 6.05. The second kappa shape index (κ2) is 7.40. The van der Waals surface area contributed by atoms with E-state index in [-0.39, 0.29) is 0 Å². The summed E-state index contributed by atoms with van der Waals surface area (Å²) < 4.78 is 2.02. The smallest absolute Gasteiger partial charge is 0.137 e. The largest absolute Gasteiger partial charge is 0.317 e. The highest BCUT2D eigenvalue weighted by atomic mass is 35.5. The van der Waals surface area contributed by atoms with Crippen LogP contribution in [0.5, 0.6) is 0 Å². The molecule has 0 aliphatic carbocycles. The fourth-order valence-corrected chi connectivity index (χ4v) is 4.05. The second-order valence-corrected chi connectivity index (χ2v) is 7.55. The van der Waals surface area contributed by atoms with E-state index in [0.717, 1.165) is 41.9 Å². The summed E-state index contributed by atoms with van der Waals surface area (Å²) in [6.45, 7) is 9.25. The van der Waals surface area contributed by atoms with Gasteiger partial charge in [-0.1, -0.05) is 11.6 Å². The zero-order chi connectivity index (χ0) is 16.4. The number of halogens is 1. The highest BCUT2D eigenvalue weighted by Gasteiger charge is 2.21. The predicted octanol–water partition coefficient (Wildman–Crippen LogP) is 2.10. The minimum atomic E-state index is 0.748. The lowest BCUT2D eigenvalue weighted by Crippen LogP contribution is -2.48. The van der Waals surface area contributed by atoms with E-state index < -0.39 is 0 Å². The van der Waals surface area contributed by atoms with E-state index in [9.17, 15) is 0 Å². The summed E-state index contributed by atoms with van der Waals surface area (Å²) in [6, 6.07) is 3.87. The molecule has 0 atom stereocenters. The van der Waals surface area contributed by atoms with Gasteiger partial charge in [0, 0.05) is 51.7 Å². The van der Waals surface area contributed by atoms with Crippen molar-refractivity contribution < 1.29 is 0 Å². The van der Waals surface area contributed by atoms with Crippen LogP contribution in [0.3, 0.4) is 0 Å². The van der Waals surface area contributed by atoms with E-state index in [1.807, 2.05) is 22.7 Å². The zero-order valence-electron chi connectivity index (χ0n) is 14.1. The first kappa shape index (κ1) is 16.3. The lowest BCUT2D eigenvalue weighted by atomic mass is 9.97. The Bertz CT molecular complexity index is 671. The molecule has 2 saturated heterocycles. The van der Waals surface area contributed by atoms with Gasteiger partial charge in [-0.3, -0.25) is 4.90 Å². The van der Waals surface area contributed by atoms with Gasteiger partial charge in [0.05, 0.1) is 10.7 Å². The molecule has 6 heteroatoms. The number of piperidine rings is 1. The molecule has 0 amide bonds. The van der Waals surface area contributed by atoms with E-state index >= 15 is 0 Å². The molecule has 5 nitrogen and oxygen atoms in total. The van der Waals surface area contributed by atoms with E-state index in [1.54, 1.807) is 0 Å². The standard InChI is InChI=1S/C18H26ClN5/c19-16-1-2-18-21-17(14-24(18)12-16)13-23-9-7-22(8-10-23)11-15-3-5-20-6-4-15/h1-2,12,14-15,20H,3-11,13H2. The van der Waals surface area contributed by atoms with Gasteiger partial charge in [-0.05, 0) is 44.0 Å². The van der Waals surface area contributed by atoms with Crippen molar-refractivity contribution in [3.8, 4) is 0 Å². The molecule has 24 heavy (non-hydrogen) atoms. The number of fused-ring (bicyclic) bond motifs is 1. The molecule has 130 valence electrons. The summed E-state index contributed by atoms with van der Waals surface area (Å²) in [6.07, 6.45) is 6.70. The average Bonchev–Trinajstić information content (AvgIpc) is 2.99. The molecule has 0 bridgehead atoms. The van der Waals surface area contributed by atoms with E-state index in [2.05, 4.69) is 21.3 Å². The van der Waals surface area contributed by atoms with Gasteiger partial charge in [0.25, 0.3) is 0 Å². The number of imidazole rings is 1. The lowest BCUT2D eigenvalue weighted by Gasteiger charge is -2.37. The Morgan fingerprint density at radius 3 is 2.58 bits per heavy atom. The Kier molecular flexibility index (Phi) is 5.03. The number of aromatic nitrogens is 2. The molecule has 0 unspecified atom stereocenters. The van der Waals surface area contributed by atoms with Gasteiger partial charge in [-0.2, -0.15) is 0 Å². The summed E-state index contributed by atoms with van der Waals surface area (Å²) >= 11 is 6.05. The van der Waals surface area contributed by atoms with Crippen molar-refractivity contribution in [2.75, 3.05) is 45.8 Å². The monoisotopic (exact) mass is 347 g/mol. The van der Waals surface area contributed by atoms with Gasteiger partial charge in [0.2, 0.25) is 0 Å². The van der Waals surface area contributed by atoms with Crippen LogP contribution in [0.15, 0.2) is 24.5 Å². The number of hydrogen-bond acceptors (Lipinski definition) is 4. The van der Waals surface area contributed by atoms with Crippen LogP contribution in [0.2, 0.25) is 5.02 Å². The Morgan fingerprint density at radius 2 is 1.79 bits per heavy atom. The number of hydrogen-bond donors (Lipinski definition) is 1. The molecule has 1 N–H and O–H groups in total. The maximum atomic E-state index is 6.05. The summed E-state index contributed by atoms with van der Waals surface area (Å²) in [5.74, 6) is 0.890. The molecule has 0 spiro atoms. The minimum absolute atomic E-state index is 0.748. The van der Waals surface area contributed by atoms with Crippen molar-refractivity contribution in [1.82, 2.24) is 24.5 Å². The molecule has 2 fully saturated rings. The first-order valence-corrected chi connectivity index (χ1v) is 9.42. The number of piperazine rings is 1. The zero-order valence-corrected chi connectivity index (χ0v) is 14.9. The van der Waals surface area contributed by atoms with Crippen LogP contribution in [0, 0.1) is 5.92 Å². The third-order valence-electron chi connectivity index (χ3n) is 5.29. The van der Waals surface area contributed by atoms with Crippen LogP contribution >= 0.6 is 11.6 Å². The maximum Gasteiger partial charge on any atom is 0.137 e. The Hall–Kier alpha value is -1.14. The van der Waals surface area contributed by atoms with Gasteiger partial charge in [0.15, 0.2) is 0 Å². The minimum Gasteiger partial charge on any atom is -0.317 e. The Balaban J connectivity index is 1.29. The van der Waals surface area contributed by atoms with Crippen molar-refractivity contribution in [2.45, 2.75) is 19.4 Å². The van der Waals surface area contributed by atoms with Crippen molar-refractivity contribution in [3.05, 3.63) is 35.2 Å². The molecule has 2 aromatic rings. The highest BCUT2D eigenvalue weighted by Crippen LogP contribution is 2.16. The highest BCUT2D eigenvalue weighted by molar-refractivity contribution is 6.30. The van der Waals surface area contributed by atoms with Gasteiger partial charge >= 0.3 is 0 Å². The molecule has 4 rings (SSSR count). The lowest BCUT2D eigenvalue weighted by molar-refractivity contribution is 0.106. The van der Waals surface area contributed by atoms with Gasteiger partial charge in [0.1, 0.15) is 5.65 Å². The van der Waals surface area contributed by atoms with Gasteiger partial charge in [-0.25, -0.2) is 4.98 Å². The van der Waals surface area contributed by atoms with Crippen molar-refractivity contribution in [3.63, 3.8) is 0 Å². The van der Waals surface area contributed by atoms with Crippen LogP contribution in [0.4, 0.5) is 0 Å². The number of nitrogens with one attached hydrogen (secondary N) is 1. The molecular weight excluding hydrogens is 322 g/mol. The van der Waals surface area contributed by atoms with E-state index in [4.69, 9.17) is 16.6 Å². The Labute approximate surface area is 148 Å². The second-order valence-electron chi connectivity index (χ2n) is 7.12. The van der Waals surface area contributed by atoms with Gasteiger partial charge in [-0.15, -0.1) is 0 Å². The SMILES string of the molecule is Clc1ccc2nc(CN3CCN(CC4CCNCC4)CC3)cn2c1. The van der Waals surface area contributed by atoms with E-state index in [1.165, 1.54) is 45.6 Å². The average molecular weight is 348 g/mol. The van der Waals surface area contributed by atoms with Crippen LogP contribution < -0.4 is 5.32 Å². The molecule has 2 aliphatic rings. The first-order chi connectivity index (χ1) is 11.8. The molecule has 0 radical (unpaired) electrons. The molecule has 0 aromatic carbocycles. The van der Waals surface area contributed by atoms with Crippen LogP contribution in [-0.4, -0.2) is 65.0 Å². The van der Waals surface area contributed by atoms with Crippen LogP contribution in [-0.2, 0) is 6.54 Å². The summed E-state index contributed by atoms with van der Waals surface area (Å²) in [7, 11) is 0. The quantitative estimate of drug-likeness (QED) is 0.919. The van der Waals surface area contributed by atoms with Gasteiger partial charge < -0.3 is 14.6 Å². The molecule has 2 aliphatic heterocycles. The van der Waals surface area contributed by atoms with E-state index in [0.29, 0.717) is 0 Å². The van der Waals surface area contributed by atoms with Crippen LogP contribution in [0.25, 0.3) is 5.65 Å². The fourth-order valence-electron chi connectivity index (χ4n) is 3.88. The normalized spacial score (nSPS) is 21.5. The molecule has 4 heterocycles. The molecule has 2 aromatic heterocycles. The summed E-state index contributed by atoms with van der Waals surface area (Å²) in [5.41, 5.74) is 2.10. The van der Waals surface area contributed by atoms with Crippen LogP contribution in [0.1, 0.15) is 18.5 Å².